The van der Waals surface area contributed by atoms with E-state index in [-0.39, 0.29) is 11.6 Å². The molecule has 0 bridgehead atoms. The number of nitrogens with zero attached hydrogens (tertiary/aromatic N) is 3. The molecule has 2 aromatic heterocycles. The van der Waals surface area contributed by atoms with Crippen LogP contribution in [0.25, 0.3) is 11.1 Å². The van der Waals surface area contributed by atoms with Crippen LogP contribution in [0.3, 0.4) is 0 Å². The van der Waals surface area contributed by atoms with Gasteiger partial charge in [0.15, 0.2) is 5.69 Å². The zero-order chi connectivity index (χ0) is 17.8. The van der Waals surface area contributed by atoms with Gasteiger partial charge in [-0.1, -0.05) is 30.3 Å². The molecule has 3 rings (SSSR count). The summed E-state index contributed by atoms with van der Waals surface area (Å²) in [5.74, 6) is -0.430. The van der Waals surface area contributed by atoms with Gasteiger partial charge in [-0.15, -0.1) is 0 Å². The topological polar surface area (TPSA) is 69.0 Å². The fourth-order valence-electron chi connectivity index (χ4n) is 2.29. The van der Waals surface area contributed by atoms with Crippen LogP contribution in [-0.4, -0.2) is 27.3 Å². The van der Waals surface area contributed by atoms with Gasteiger partial charge < -0.3 is 10.1 Å². The Morgan fingerprint density at radius 2 is 1.96 bits per heavy atom. The van der Waals surface area contributed by atoms with Crippen LogP contribution in [0.1, 0.15) is 10.5 Å². The van der Waals surface area contributed by atoms with Crippen LogP contribution in [0.4, 0.5) is 14.6 Å². The van der Waals surface area contributed by atoms with E-state index in [2.05, 4.69) is 20.1 Å². The molecule has 0 saturated carbocycles. The molecule has 3 aromatic rings. The van der Waals surface area contributed by atoms with Crippen LogP contribution in [-0.2, 0) is 7.05 Å². The van der Waals surface area contributed by atoms with Crippen LogP contribution in [0.5, 0.6) is 5.88 Å². The first kappa shape index (κ1) is 16.6. The molecule has 1 amide bonds. The number of hydrogen-bond donors (Lipinski definition) is 1. The van der Waals surface area contributed by atoms with E-state index in [0.717, 1.165) is 21.9 Å². The zero-order valence-corrected chi connectivity index (χ0v) is 13.2. The number of alkyl halides is 2. The van der Waals surface area contributed by atoms with Gasteiger partial charge in [0.2, 0.25) is 5.88 Å². The van der Waals surface area contributed by atoms with Crippen LogP contribution in [0.15, 0.2) is 54.7 Å². The van der Waals surface area contributed by atoms with Crippen molar-refractivity contribution >= 4 is 11.7 Å². The molecule has 0 aliphatic carbocycles. The summed E-state index contributed by atoms with van der Waals surface area (Å²) in [7, 11) is 1.41. The molecule has 2 heterocycles. The first-order valence-corrected chi connectivity index (χ1v) is 7.35. The number of hydrogen-bond acceptors (Lipinski definition) is 4. The summed E-state index contributed by atoms with van der Waals surface area (Å²) in [4.78, 5) is 16.6. The molecule has 8 heteroatoms. The summed E-state index contributed by atoms with van der Waals surface area (Å²) >= 11 is 0. The monoisotopic (exact) mass is 344 g/mol. The molecular weight excluding hydrogens is 330 g/mol. The van der Waals surface area contributed by atoms with Crippen LogP contribution < -0.4 is 10.1 Å². The molecule has 1 N–H and O–H groups in total. The lowest BCUT2D eigenvalue weighted by Crippen LogP contribution is -2.14. The molecule has 0 aliphatic heterocycles. The van der Waals surface area contributed by atoms with Crippen LogP contribution >= 0.6 is 0 Å². The smallest absolute Gasteiger partial charge is 0.388 e. The lowest BCUT2D eigenvalue weighted by atomic mass is 10.1. The highest BCUT2D eigenvalue weighted by molar-refractivity contribution is 6.04. The van der Waals surface area contributed by atoms with Crippen molar-refractivity contribution in [3.63, 3.8) is 0 Å². The van der Waals surface area contributed by atoms with Gasteiger partial charge in [0.05, 0.1) is 0 Å². The highest BCUT2D eigenvalue weighted by atomic mass is 19.3. The third-order valence-electron chi connectivity index (χ3n) is 3.40. The molecule has 0 spiro atoms. The number of aryl methyl sites for hydroxylation is 1. The minimum absolute atomic E-state index is 0.0529. The average molecular weight is 344 g/mol. The summed E-state index contributed by atoms with van der Waals surface area (Å²) < 4.78 is 30.0. The number of rotatable bonds is 5. The second-order valence-corrected chi connectivity index (χ2v) is 5.09. The maximum Gasteiger partial charge on any atom is 0.388 e. The summed E-state index contributed by atoms with van der Waals surface area (Å²) in [5.41, 5.74) is 1.56. The Balaban J connectivity index is 1.85. The van der Waals surface area contributed by atoms with Crippen LogP contribution in [0.2, 0.25) is 0 Å². The number of benzene rings is 1. The lowest BCUT2D eigenvalue weighted by molar-refractivity contribution is -0.0553. The minimum Gasteiger partial charge on any atom is -0.417 e. The number of amides is 1. The molecule has 0 aliphatic rings. The first-order chi connectivity index (χ1) is 12.0. The van der Waals surface area contributed by atoms with Crippen molar-refractivity contribution in [2.24, 2.45) is 7.05 Å². The summed E-state index contributed by atoms with van der Waals surface area (Å²) in [6.07, 6.45) is 1.55. The molecule has 0 unspecified atom stereocenters. The fourth-order valence-corrected chi connectivity index (χ4v) is 2.29. The third kappa shape index (κ3) is 3.79. The molecule has 1 aromatic carbocycles. The number of carbonyl (C=O) groups excluding carboxylic acids is 1. The lowest BCUT2D eigenvalue weighted by Gasteiger charge is -2.09. The molecule has 0 fully saturated rings. The van der Waals surface area contributed by atoms with E-state index in [9.17, 15) is 13.6 Å². The van der Waals surface area contributed by atoms with Crippen LogP contribution in [0, 0.1) is 0 Å². The van der Waals surface area contributed by atoms with Gasteiger partial charge in [-0.05, 0) is 17.7 Å². The van der Waals surface area contributed by atoms with Crippen molar-refractivity contribution in [1.82, 2.24) is 14.8 Å². The Labute approximate surface area is 142 Å². The molecule has 0 saturated heterocycles. The molecular formula is C17H14F2N4O2. The Kier molecular flexibility index (Phi) is 4.69. The minimum atomic E-state index is -2.99. The summed E-state index contributed by atoms with van der Waals surface area (Å²) in [5, 5.41) is 6.53. The van der Waals surface area contributed by atoms with Crippen molar-refractivity contribution in [2.75, 3.05) is 5.32 Å². The number of anilines is 1. The van der Waals surface area contributed by atoms with E-state index < -0.39 is 12.5 Å². The zero-order valence-electron chi connectivity index (χ0n) is 13.2. The maximum atomic E-state index is 12.4. The molecule has 0 radical (unpaired) electrons. The number of halogens is 2. The number of nitrogens with one attached hydrogen (secondary N) is 1. The van der Waals surface area contributed by atoms with Gasteiger partial charge in [-0.25, -0.2) is 9.67 Å². The van der Waals surface area contributed by atoms with Crippen molar-refractivity contribution in [3.05, 3.63) is 60.4 Å². The quantitative estimate of drug-likeness (QED) is 0.771. The van der Waals surface area contributed by atoms with Gasteiger partial charge in [-0.3, -0.25) is 4.79 Å². The number of pyridine rings is 1. The molecule has 25 heavy (non-hydrogen) atoms. The van der Waals surface area contributed by atoms with E-state index in [1.807, 2.05) is 36.4 Å². The Bertz CT molecular complexity index is 881. The second kappa shape index (κ2) is 7.08. The number of aromatic nitrogens is 3. The predicted molar refractivity (Wildman–Crippen MR) is 87.5 cm³/mol. The second-order valence-electron chi connectivity index (χ2n) is 5.09. The highest BCUT2D eigenvalue weighted by Gasteiger charge is 2.18. The normalized spacial score (nSPS) is 10.7. The number of ether oxygens (including phenoxy) is 1. The standard InChI is InChI=1S/C17H14F2N4O2/c1-23-14(25-17(18)19)10-13(22-23)16(24)21-15-12(8-5-9-20-15)11-6-3-2-4-7-11/h2-10,17H,1H3,(H,20,21,24). The van der Waals surface area contributed by atoms with E-state index in [1.165, 1.54) is 7.05 Å². The Hall–Kier alpha value is -3.29. The molecule has 128 valence electrons. The molecule has 6 nitrogen and oxygen atoms in total. The summed E-state index contributed by atoms with van der Waals surface area (Å²) in [6, 6.07) is 14.1. The fraction of sp³-hybridized carbons (Fsp3) is 0.118. The van der Waals surface area contributed by atoms with Gasteiger partial charge in [-0.2, -0.15) is 13.9 Å². The highest BCUT2D eigenvalue weighted by Crippen LogP contribution is 2.26. The molecule has 0 atom stereocenters. The number of carbonyl (C=O) groups is 1. The van der Waals surface area contributed by atoms with Crippen molar-refractivity contribution in [1.29, 1.82) is 0 Å². The van der Waals surface area contributed by atoms with Gasteiger partial charge in [0.25, 0.3) is 5.91 Å². The van der Waals surface area contributed by atoms with Crippen molar-refractivity contribution in [3.8, 4) is 17.0 Å². The van der Waals surface area contributed by atoms with E-state index in [1.54, 1.807) is 12.3 Å². The third-order valence-corrected chi connectivity index (χ3v) is 3.40. The average Bonchev–Trinajstić information content (AvgIpc) is 2.96. The van der Waals surface area contributed by atoms with Gasteiger partial charge in [0, 0.05) is 24.9 Å². The van der Waals surface area contributed by atoms with E-state index in [4.69, 9.17) is 0 Å². The summed E-state index contributed by atoms with van der Waals surface area (Å²) in [6.45, 7) is -2.99. The van der Waals surface area contributed by atoms with Gasteiger partial charge in [0.1, 0.15) is 5.82 Å². The SMILES string of the molecule is Cn1nc(C(=O)Nc2ncccc2-c2ccccc2)cc1OC(F)F. The largest absolute Gasteiger partial charge is 0.417 e. The predicted octanol–water partition coefficient (Wildman–Crippen LogP) is 3.34. The Morgan fingerprint density at radius 1 is 1.20 bits per heavy atom. The van der Waals surface area contributed by atoms with Gasteiger partial charge >= 0.3 is 6.61 Å². The Morgan fingerprint density at radius 3 is 2.68 bits per heavy atom. The maximum absolute atomic E-state index is 12.4. The van der Waals surface area contributed by atoms with Crippen molar-refractivity contribution < 1.29 is 18.3 Å². The van der Waals surface area contributed by atoms with Crippen molar-refractivity contribution in [2.45, 2.75) is 6.61 Å². The van der Waals surface area contributed by atoms with E-state index >= 15 is 0 Å². The first-order valence-electron chi connectivity index (χ1n) is 7.35. The van der Waals surface area contributed by atoms with E-state index in [0.29, 0.717) is 5.82 Å².